The first-order chi connectivity index (χ1) is 20.0. The predicted molar refractivity (Wildman–Crippen MR) is 149 cm³/mol. The third kappa shape index (κ3) is 8.10. The van der Waals surface area contributed by atoms with Crippen LogP contribution >= 0.6 is 19.2 Å². The van der Waals surface area contributed by atoms with E-state index < -0.39 is 31.7 Å². The summed E-state index contributed by atoms with van der Waals surface area (Å²) < 4.78 is 52.5. The zero-order valence-corrected chi connectivity index (χ0v) is 26.3. The Labute approximate surface area is 265 Å². The van der Waals surface area contributed by atoms with E-state index in [0.29, 0.717) is 17.2 Å². The second kappa shape index (κ2) is 14.0. The van der Waals surface area contributed by atoms with Crippen LogP contribution in [-0.2, 0) is 13.8 Å². The van der Waals surface area contributed by atoms with Crippen molar-refractivity contribution >= 4 is 53.8 Å². The molecule has 4 aromatic rings. The summed E-state index contributed by atoms with van der Waals surface area (Å²) in [6.07, 6.45) is 6.50. The third-order valence-corrected chi connectivity index (χ3v) is 8.13. The van der Waals surface area contributed by atoms with Gasteiger partial charge in [0, 0.05) is 29.9 Å². The van der Waals surface area contributed by atoms with E-state index in [0.717, 1.165) is 53.8 Å². The molecule has 43 heavy (non-hydrogen) atoms. The summed E-state index contributed by atoms with van der Waals surface area (Å²) in [6.45, 7) is 3.90. The number of rotatable bonds is 10. The average Bonchev–Trinajstić information content (AvgIpc) is 3.70. The molecule has 0 aliphatic heterocycles. The van der Waals surface area contributed by atoms with Crippen LogP contribution in [0.4, 0.5) is 14.5 Å². The second-order valence-electron chi connectivity index (χ2n) is 9.57. The molecule has 4 aromatic heterocycles. The number of pyridine rings is 1. The molecule has 1 aliphatic carbocycles. The largest absolute Gasteiger partial charge is 2.00 e. The number of carbonyl (C=O) groups excluding carboxylic acids is 1. The number of amides is 1. The van der Waals surface area contributed by atoms with E-state index in [1.165, 1.54) is 24.7 Å². The van der Waals surface area contributed by atoms with Gasteiger partial charge in [-0.25, -0.2) is 19.0 Å². The number of anilines is 1. The number of ether oxygens (including phenoxy) is 1. The first kappa shape index (κ1) is 33.3. The number of phosphoric ester groups is 1. The third-order valence-electron chi connectivity index (χ3n) is 6.68. The van der Waals surface area contributed by atoms with Crippen molar-refractivity contribution in [2.24, 2.45) is 0 Å². The first-order valence-corrected chi connectivity index (χ1v) is 15.4. The summed E-state index contributed by atoms with van der Waals surface area (Å²) in [7, 11) is -5.23. The topological polar surface area (TPSA) is 172 Å². The molecule has 224 valence electrons. The molecule has 0 bridgehead atoms. The van der Waals surface area contributed by atoms with Crippen LogP contribution in [0, 0.1) is 11.8 Å². The SMILES string of the molecule is CCO[C@H]1CC[C@H](n2cc(NC(=O)c3csc(-c4cnn(C(C)OP(=O)([O-])[O-])c4)n3)c(-c3nc(F)ccc3F)n2)CC1.[Mg+2]. The fourth-order valence-electron chi connectivity index (χ4n) is 4.72. The van der Waals surface area contributed by atoms with Crippen LogP contribution in [-0.4, -0.2) is 71.2 Å². The Morgan fingerprint density at radius 2 is 1.93 bits per heavy atom. The maximum Gasteiger partial charge on any atom is 2.00 e. The Morgan fingerprint density at radius 1 is 1.19 bits per heavy atom. The molecular weight excluding hydrogens is 620 g/mol. The maximum absolute atomic E-state index is 14.7. The molecule has 1 amide bonds. The van der Waals surface area contributed by atoms with Crippen molar-refractivity contribution in [1.82, 2.24) is 29.5 Å². The molecule has 1 saturated carbocycles. The van der Waals surface area contributed by atoms with Gasteiger partial charge >= 0.3 is 23.1 Å². The van der Waals surface area contributed by atoms with Crippen molar-refractivity contribution in [2.45, 2.75) is 57.9 Å². The average molecular weight is 646 g/mol. The van der Waals surface area contributed by atoms with E-state index in [4.69, 9.17) is 4.74 Å². The van der Waals surface area contributed by atoms with Crippen molar-refractivity contribution in [3.8, 4) is 22.0 Å². The number of hydrogen-bond donors (Lipinski definition) is 1. The van der Waals surface area contributed by atoms with Crippen molar-refractivity contribution in [2.75, 3.05) is 11.9 Å². The number of nitrogens with one attached hydrogen (secondary N) is 1. The van der Waals surface area contributed by atoms with Crippen molar-refractivity contribution in [3.63, 3.8) is 0 Å². The summed E-state index contributed by atoms with van der Waals surface area (Å²) >= 11 is 1.12. The van der Waals surface area contributed by atoms with E-state index in [-0.39, 0.29) is 58.0 Å². The van der Waals surface area contributed by atoms with Gasteiger partial charge in [-0.15, -0.1) is 11.3 Å². The van der Waals surface area contributed by atoms with Gasteiger partial charge in [0.2, 0.25) is 5.95 Å². The normalized spacial score (nSPS) is 17.8. The molecule has 0 saturated heterocycles. The van der Waals surface area contributed by atoms with Gasteiger partial charge in [-0.1, -0.05) is 0 Å². The Bertz CT molecular complexity index is 1620. The number of aromatic nitrogens is 6. The van der Waals surface area contributed by atoms with Gasteiger partial charge in [0.25, 0.3) is 5.91 Å². The molecular formula is C25H26F2MgN7O6PS. The Balaban J connectivity index is 0.00000423. The summed E-state index contributed by atoms with van der Waals surface area (Å²) in [4.78, 5) is 43.0. The van der Waals surface area contributed by atoms with E-state index in [1.54, 1.807) is 10.9 Å². The fraction of sp³-hybridized carbons (Fsp3) is 0.400. The molecule has 4 heterocycles. The number of carbonyl (C=O) groups is 1. The number of phosphoric acid groups is 1. The predicted octanol–water partition coefficient (Wildman–Crippen LogP) is 3.30. The Morgan fingerprint density at radius 3 is 2.63 bits per heavy atom. The minimum atomic E-state index is -5.23. The minimum Gasteiger partial charge on any atom is -0.790 e. The van der Waals surface area contributed by atoms with Gasteiger partial charge in [0.05, 0.1) is 31.9 Å². The molecule has 1 atom stereocenters. The molecule has 13 nitrogen and oxygen atoms in total. The van der Waals surface area contributed by atoms with Crippen LogP contribution < -0.4 is 15.1 Å². The monoisotopic (exact) mass is 645 g/mol. The number of halogens is 2. The van der Waals surface area contributed by atoms with Crippen LogP contribution in [0.5, 0.6) is 0 Å². The van der Waals surface area contributed by atoms with Crippen LogP contribution in [0.1, 0.15) is 62.3 Å². The maximum atomic E-state index is 14.7. The quantitative estimate of drug-likeness (QED) is 0.153. The standard InChI is InChI=1S/C25H28F2N7O6PS.Mg/c1-3-39-17-6-4-16(5-7-17)34-12-19(23(32-34)22-18(26)8-9-21(27)31-22)29-24(35)20-13-42-25(30-20)15-10-28-33(11-15)14(2)40-41(36,37)38;/h8-14,16-17H,3-7H2,1-2H3,(H,29,35)(H2,36,37,38);/q;+2/p-2/t14?,16-,17-;. The van der Waals surface area contributed by atoms with Gasteiger partial charge in [0.15, 0.2) is 12.0 Å². The van der Waals surface area contributed by atoms with Gasteiger partial charge in [0.1, 0.15) is 22.1 Å². The zero-order chi connectivity index (χ0) is 30.0. The number of hydrogen-bond acceptors (Lipinski definition) is 11. The minimum absolute atomic E-state index is 0. The fourth-order valence-corrected chi connectivity index (χ4v) is 5.97. The number of thiazole rings is 1. The van der Waals surface area contributed by atoms with Gasteiger partial charge in [-0.05, 0) is 51.7 Å². The molecule has 0 spiro atoms. The summed E-state index contributed by atoms with van der Waals surface area (Å²) in [5.74, 6) is -2.32. The molecule has 1 fully saturated rings. The van der Waals surface area contributed by atoms with E-state index >= 15 is 0 Å². The zero-order valence-electron chi connectivity index (χ0n) is 23.2. The summed E-state index contributed by atoms with van der Waals surface area (Å²) in [6, 6.07) is 1.81. The summed E-state index contributed by atoms with van der Waals surface area (Å²) in [5, 5.41) is 13.1. The van der Waals surface area contributed by atoms with E-state index in [9.17, 15) is 27.9 Å². The first-order valence-electron chi connectivity index (χ1n) is 13.1. The van der Waals surface area contributed by atoms with Gasteiger partial charge < -0.3 is 28.9 Å². The Hall–Kier alpha value is -2.63. The van der Waals surface area contributed by atoms with E-state index in [1.807, 2.05) is 6.92 Å². The molecule has 5 rings (SSSR count). The van der Waals surface area contributed by atoms with Crippen molar-refractivity contribution in [3.05, 3.63) is 53.6 Å². The van der Waals surface area contributed by atoms with Crippen LogP contribution in [0.3, 0.4) is 0 Å². The van der Waals surface area contributed by atoms with Gasteiger partial charge in [-0.2, -0.15) is 14.6 Å². The summed E-state index contributed by atoms with van der Waals surface area (Å²) in [5.41, 5.74) is 0.252. The Kier molecular flexibility index (Phi) is 10.8. The smallest absolute Gasteiger partial charge is 0.790 e. The van der Waals surface area contributed by atoms with E-state index in [2.05, 4.69) is 30.0 Å². The molecule has 1 unspecified atom stereocenters. The molecule has 1 aliphatic rings. The molecule has 1 N–H and O–H groups in total. The molecule has 18 heteroatoms. The molecule has 0 aromatic carbocycles. The number of nitrogens with zero attached hydrogens (tertiary/aromatic N) is 6. The van der Waals surface area contributed by atoms with Crippen LogP contribution in [0.2, 0.25) is 0 Å². The second-order valence-corrected chi connectivity index (χ2v) is 11.5. The molecule has 0 radical (unpaired) electrons. The van der Waals surface area contributed by atoms with Crippen LogP contribution in [0.15, 0.2) is 36.1 Å². The van der Waals surface area contributed by atoms with Crippen molar-refractivity contribution < 1.29 is 37.2 Å². The van der Waals surface area contributed by atoms with Crippen molar-refractivity contribution in [1.29, 1.82) is 0 Å². The van der Waals surface area contributed by atoms with Gasteiger partial charge in [-0.3, -0.25) is 9.48 Å². The van der Waals surface area contributed by atoms with Crippen LogP contribution in [0.25, 0.3) is 22.0 Å².